The highest BCUT2D eigenvalue weighted by atomic mass is 16.2. The minimum Gasteiger partial charge on any atom is -0.313 e. The fourth-order valence-electron chi connectivity index (χ4n) is 2.39. The van der Waals surface area contributed by atoms with Gasteiger partial charge in [-0.15, -0.1) is 0 Å². The molecule has 0 aliphatic carbocycles. The van der Waals surface area contributed by atoms with Gasteiger partial charge in [-0.3, -0.25) is 10.2 Å². The van der Waals surface area contributed by atoms with Gasteiger partial charge in [-0.05, 0) is 26.8 Å². The molecule has 2 saturated heterocycles. The summed E-state index contributed by atoms with van der Waals surface area (Å²) < 4.78 is 0. The topological polar surface area (TPSA) is 47.6 Å². The van der Waals surface area contributed by atoms with Crippen molar-refractivity contribution in [2.75, 3.05) is 39.8 Å². The maximum Gasteiger partial charge on any atom is 0.238 e. The highest BCUT2D eigenvalue weighted by Crippen LogP contribution is 2.14. The molecule has 98 valence electrons. The van der Waals surface area contributed by atoms with Crippen LogP contribution in [0.2, 0.25) is 0 Å². The van der Waals surface area contributed by atoms with Gasteiger partial charge in [-0.1, -0.05) is 0 Å². The molecule has 0 bridgehead atoms. The Labute approximate surface area is 103 Å². The van der Waals surface area contributed by atoms with E-state index in [0.717, 1.165) is 45.6 Å². The first-order valence-electron chi connectivity index (χ1n) is 6.62. The van der Waals surface area contributed by atoms with Crippen LogP contribution in [0.15, 0.2) is 0 Å². The van der Waals surface area contributed by atoms with Crippen LogP contribution in [-0.4, -0.2) is 61.6 Å². The van der Waals surface area contributed by atoms with Crippen molar-refractivity contribution in [1.82, 2.24) is 20.7 Å². The van der Waals surface area contributed by atoms with Gasteiger partial charge >= 0.3 is 0 Å². The minimum atomic E-state index is 0.144. The molecular weight excluding hydrogens is 216 g/mol. The Morgan fingerprint density at radius 1 is 1.24 bits per heavy atom. The van der Waals surface area contributed by atoms with Crippen LogP contribution in [0.25, 0.3) is 0 Å². The summed E-state index contributed by atoms with van der Waals surface area (Å²) in [7, 11) is 2.12. The van der Waals surface area contributed by atoms with Crippen LogP contribution in [0.4, 0.5) is 0 Å². The lowest BCUT2D eigenvalue weighted by molar-refractivity contribution is -0.131. The fourth-order valence-corrected chi connectivity index (χ4v) is 2.39. The van der Waals surface area contributed by atoms with Crippen molar-refractivity contribution in [3.05, 3.63) is 0 Å². The number of amides is 1. The third-order valence-corrected chi connectivity index (χ3v) is 3.80. The van der Waals surface area contributed by atoms with E-state index in [2.05, 4.69) is 34.6 Å². The molecular formula is C12H24N4O. The lowest BCUT2D eigenvalue weighted by atomic mass is 9.95. The highest BCUT2D eigenvalue weighted by Gasteiger charge is 2.25. The summed E-state index contributed by atoms with van der Waals surface area (Å²) in [4.78, 5) is 14.3. The smallest absolute Gasteiger partial charge is 0.238 e. The van der Waals surface area contributed by atoms with Crippen LogP contribution in [0.1, 0.15) is 19.8 Å². The standard InChI is InChI=1S/C12H24N4O/c1-10-3-4-11(9-13-10)12(17)14-16-7-5-15(2)6-8-16/h10-11,13H,3-9H2,1-2H3,(H,14,17). The molecule has 2 atom stereocenters. The second-order valence-corrected chi connectivity index (χ2v) is 5.35. The molecule has 2 aliphatic heterocycles. The van der Waals surface area contributed by atoms with Crippen molar-refractivity contribution >= 4 is 5.91 Å². The summed E-state index contributed by atoms with van der Waals surface area (Å²) in [5.41, 5.74) is 3.05. The molecule has 2 N–H and O–H groups in total. The summed E-state index contributed by atoms with van der Waals surface area (Å²) >= 11 is 0. The molecule has 2 fully saturated rings. The largest absolute Gasteiger partial charge is 0.313 e. The zero-order valence-electron chi connectivity index (χ0n) is 10.9. The molecule has 0 saturated carbocycles. The lowest BCUT2D eigenvalue weighted by Gasteiger charge is -2.34. The lowest BCUT2D eigenvalue weighted by Crippen LogP contribution is -2.55. The number of hydrogen-bond acceptors (Lipinski definition) is 4. The van der Waals surface area contributed by atoms with Gasteiger partial charge in [0.2, 0.25) is 5.91 Å². The summed E-state index contributed by atoms with van der Waals surface area (Å²) in [6, 6.07) is 0.558. The van der Waals surface area contributed by atoms with Crippen molar-refractivity contribution in [1.29, 1.82) is 0 Å². The van der Waals surface area contributed by atoms with Crippen molar-refractivity contribution in [2.45, 2.75) is 25.8 Å². The van der Waals surface area contributed by atoms with E-state index in [1.54, 1.807) is 0 Å². The molecule has 0 radical (unpaired) electrons. The molecule has 2 aliphatic rings. The molecule has 5 heteroatoms. The second kappa shape index (κ2) is 5.80. The predicted molar refractivity (Wildman–Crippen MR) is 67.4 cm³/mol. The highest BCUT2D eigenvalue weighted by molar-refractivity contribution is 5.78. The van der Waals surface area contributed by atoms with Crippen LogP contribution >= 0.6 is 0 Å². The predicted octanol–water partition coefficient (Wildman–Crippen LogP) is -0.347. The Morgan fingerprint density at radius 3 is 2.53 bits per heavy atom. The maximum absolute atomic E-state index is 12.0. The van der Waals surface area contributed by atoms with Crippen molar-refractivity contribution in [2.24, 2.45) is 5.92 Å². The van der Waals surface area contributed by atoms with Crippen molar-refractivity contribution in [3.63, 3.8) is 0 Å². The molecule has 0 aromatic carbocycles. The van der Waals surface area contributed by atoms with Crippen LogP contribution < -0.4 is 10.7 Å². The van der Waals surface area contributed by atoms with E-state index in [4.69, 9.17) is 0 Å². The van der Waals surface area contributed by atoms with E-state index in [9.17, 15) is 4.79 Å². The second-order valence-electron chi connectivity index (χ2n) is 5.35. The van der Waals surface area contributed by atoms with E-state index in [0.29, 0.717) is 6.04 Å². The van der Waals surface area contributed by atoms with Gasteiger partial charge in [-0.2, -0.15) is 0 Å². The van der Waals surface area contributed by atoms with Crippen LogP contribution in [0.3, 0.4) is 0 Å². The molecule has 17 heavy (non-hydrogen) atoms. The summed E-state index contributed by atoms with van der Waals surface area (Å²) in [6.45, 7) is 6.91. The first-order valence-corrected chi connectivity index (χ1v) is 6.62. The quantitative estimate of drug-likeness (QED) is 0.693. The third kappa shape index (κ3) is 3.66. The first-order chi connectivity index (χ1) is 8.15. The average Bonchev–Trinajstić information content (AvgIpc) is 2.33. The minimum absolute atomic E-state index is 0.144. The van der Waals surface area contributed by atoms with Crippen LogP contribution in [0.5, 0.6) is 0 Å². The maximum atomic E-state index is 12.0. The van der Waals surface area contributed by atoms with Gasteiger partial charge in [0.25, 0.3) is 0 Å². The first kappa shape index (κ1) is 12.8. The van der Waals surface area contributed by atoms with Gasteiger partial charge < -0.3 is 10.2 Å². The van der Waals surface area contributed by atoms with Gasteiger partial charge in [0.1, 0.15) is 0 Å². The van der Waals surface area contributed by atoms with E-state index >= 15 is 0 Å². The van der Waals surface area contributed by atoms with E-state index in [1.165, 1.54) is 0 Å². The summed E-state index contributed by atoms with van der Waals surface area (Å²) in [5, 5.41) is 5.43. The van der Waals surface area contributed by atoms with E-state index < -0.39 is 0 Å². The third-order valence-electron chi connectivity index (χ3n) is 3.80. The SMILES string of the molecule is CC1CCC(C(=O)NN2CCN(C)CC2)CN1. The number of rotatable bonds is 2. The van der Waals surface area contributed by atoms with Crippen LogP contribution in [0, 0.1) is 5.92 Å². The fraction of sp³-hybridized carbons (Fsp3) is 0.917. The number of hydrazine groups is 1. The summed E-state index contributed by atoms with van der Waals surface area (Å²) in [5.74, 6) is 0.333. The zero-order chi connectivity index (χ0) is 12.3. The number of nitrogens with zero attached hydrogens (tertiary/aromatic N) is 2. The summed E-state index contributed by atoms with van der Waals surface area (Å²) in [6.07, 6.45) is 2.11. The molecule has 5 nitrogen and oxygen atoms in total. The molecule has 2 rings (SSSR count). The average molecular weight is 240 g/mol. The number of carbonyl (C=O) groups excluding carboxylic acids is 1. The van der Waals surface area contributed by atoms with Gasteiger partial charge in [0, 0.05) is 38.8 Å². The van der Waals surface area contributed by atoms with Crippen molar-refractivity contribution < 1.29 is 4.79 Å². The molecule has 0 aromatic rings. The van der Waals surface area contributed by atoms with E-state index in [-0.39, 0.29) is 11.8 Å². The molecule has 2 heterocycles. The zero-order valence-corrected chi connectivity index (χ0v) is 10.9. The number of piperazine rings is 1. The number of nitrogens with one attached hydrogen (secondary N) is 2. The number of hydrogen-bond donors (Lipinski definition) is 2. The Hall–Kier alpha value is -0.650. The van der Waals surface area contributed by atoms with Crippen LogP contribution in [-0.2, 0) is 4.79 Å². The Kier molecular flexibility index (Phi) is 4.36. The van der Waals surface area contributed by atoms with E-state index in [1.807, 2.05) is 0 Å². The molecule has 2 unspecified atom stereocenters. The Balaban J connectivity index is 1.73. The molecule has 1 amide bonds. The molecule has 0 aromatic heterocycles. The van der Waals surface area contributed by atoms with Gasteiger partial charge in [0.15, 0.2) is 0 Å². The number of likely N-dealkylation sites (N-methyl/N-ethyl adjacent to an activating group) is 1. The van der Waals surface area contributed by atoms with Crippen molar-refractivity contribution in [3.8, 4) is 0 Å². The Morgan fingerprint density at radius 2 is 1.94 bits per heavy atom. The normalized spacial score (nSPS) is 32.4. The molecule has 0 spiro atoms. The van der Waals surface area contributed by atoms with Gasteiger partial charge in [0.05, 0.1) is 5.92 Å². The number of piperidine rings is 1. The number of carbonyl (C=O) groups is 1. The Bertz CT molecular complexity index is 255. The monoisotopic (exact) mass is 240 g/mol. The van der Waals surface area contributed by atoms with Gasteiger partial charge in [-0.25, -0.2) is 5.01 Å².